The van der Waals surface area contributed by atoms with E-state index in [1.54, 1.807) is 0 Å². The molecule has 0 spiro atoms. The molecule has 0 fully saturated rings. The minimum Gasteiger partial charge on any atom is -0.468 e. The second-order valence-electron chi connectivity index (χ2n) is 4.58. The SMILES string of the molecule is NC(c1ccc(OCC(F)(F)F)nc1)c1ccc(F)c(Cl)c1F. The number of alkyl halides is 3. The number of pyridine rings is 1. The monoisotopic (exact) mass is 352 g/mol. The van der Waals surface area contributed by atoms with Gasteiger partial charge in [0.05, 0.1) is 6.04 Å². The molecule has 124 valence electrons. The Labute approximate surface area is 132 Å². The number of nitrogens with zero attached hydrogens (tertiary/aromatic N) is 1. The lowest BCUT2D eigenvalue weighted by molar-refractivity contribution is -0.154. The van der Waals surface area contributed by atoms with Crippen LogP contribution < -0.4 is 10.5 Å². The first kappa shape index (κ1) is 17.4. The van der Waals surface area contributed by atoms with E-state index in [1.165, 1.54) is 12.1 Å². The van der Waals surface area contributed by atoms with E-state index in [0.717, 1.165) is 18.3 Å². The van der Waals surface area contributed by atoms with Crippen molar-refractivity contribution >= 4 is 11.6 Å². The highest BCUT2D eigenvalue weighted by molar-refractivity contribution is 6.30. The lowest BCUT2D eigenvalue weighted by Crippen LogP contribution is -2.20. The molecule has 23 heavy (non-hydrogen) atoms. The van der Waals surface area contributed by atoms with Gasteiger partial charge in [0.1, 0.15) is 16.7 Å². The molecule has 2 N–H and O–H groups in total. The summed E-state index contributed by atoms with van der Waals surface area (Å²) in [5.41, 5.74) is 6.08. The van der Waals surface area contributed by atoms with Crippen molar-refractivity contribution in [2.45, 2.75) is 12.2 Å². The fourth-order valence-corrected chi connectivity index (χ4v) is 1.95. The van der Waals surface area contributed by atoms with Crippen molar-refractivity contribution < 1.29 is 26.7 Å². The molecule has 3 nitrogen and oxygen atoms in total. The molecule has 0 radical (unpaired) electrons. The van der Waals surface area contributed by atoms with Crippen molar-refractivity contribution in [1.29, 1.82) is 0 Å². The van der Waals surface area contributed by atoms with Gasteiger partial charge in [0, 0.05) is 17.8 Å². The topological polar surface area (TPSA) is 48.1 Å². The van der Waals surface area contributed by atoms with Gasteiger partial charge in [0.2, 0.25) is 5.88 Å². The minimum atomic E-state index is -4.48. The summed E-state index contributed by atoms with van der Waals surface area (Å²) in [6, 6.07) is 3.59. The molecule has 0 saturated heterocycles. The largest absolute Gasteiger partial charge is 0.468 e. The van der Waals surface area contributed by atoms with Crippen LogP contribution in [-0.2, 0) is 0 Å². The molecule has 1 aromatic carbocycles. The van der Waals surface area contributed by atoms with Gasteiger partial charge >= 0.3 is 6.18 Å². The molecule has 0 saturated carbocycles. The van der Waals surface area contributed by atoms with Crippen LogP contribution in [0, 0.1) is 11.6 Å². The summed E-state index contributed by atoms with van der Waals surface area (Å²) < 4.78 is 67.6. The van der Waals surface area contributed by atoms with Crippen LogP contribution in [0.4, 0.5) is 22.0 Å². The lowest BCUT2D eigenvalue weighted by Gasteiger charge is -2.15. The number of rotatable bonds is 4. The van der Waals surface area contributed by atoms with Crippen molar-refractivity contribution in [1.82, 2.24) is 4.98 Å². The van der Waals surface area contributed by atoms with Gasteiger partial charge in [0.25, 0.3) is 0 Å². The highest BCUT2D eigenvalue weighted by Gasteiger charge is 2.28. The van der Waals surface area contributed by atoms with E-state index >= 15 is 0 Å². The second kappa shape index (κ2) is 6.67. The quantitative estimate of drug-likeness (QED) is 0.668. The fourth-order valence-electron chi connectivity index (χ4n) is 1.78. The van der Waals surface area contributed by atoms with Crippen LogP contribution in [0.1, 0.15) is 17.2 Å². The van der Waals surface area contributed by atoms with Crippen LogP contribution in [0.3, 0.4) is 0 Å². The van der Waals surface area contributed by atoms with E-state index < -0.39 is 35.5 Å². The molecule has 9 heteroatoms. The minimum absolute atomic E-state index is 0.0674. The Morgan fingerprint density at radius 2 is 1.87 bits per heavy atom. The predicted octanol–water partition coefficient (Wildman–Crippen LogP) is 4.00. The molecule has 2 rings (SSSR count). The molecule has 0 aliphatic rings. The highest BCUT2D eigenvalue weighted by atomic mass is 35.5. The van der Waals surface area contributed by atoms with Crippen LogP contribution >= 0.6 is 11.6 Å². The average molecular weight is 353 g/mol. The third-order valence-electron chi connectivity index (χ3n) is 2.90. The zero-order valence-electron chi connectivity index (χ0n) is 11.4. The molecule has 2 aromatic rings. The molecule has 0 aliphatic heterocycles. The maximum atomic E-state index is 13.9. The van der Waals surface area contributed by atoms with Gasteiger partial charge in [-0.25, -0.2) is 13.8 Å². The third kappa shape index (κ3) is 4.29. The molecular formula is C14H10ClF5N2O. The van der Waals surface area contributed by atoms with E-state index in [0.29, 0.717) is 5.56 Å². The number of benzene rings is 1. The van der Waals surface area contributed by atoms with Crippen molar-refractivity contribution in [3.63, 3.8) is 0 Å². The standard InChI is InChI=1S/C14H10ClF5N2O/c15-11-9(16)3-2-8(12(11)17)13(21)7-1-4-10(22-5-7)23-6-14(18,19)20/h1-5,13H,6,21H2. The van der Waals surface area contributed by atoms with Gasteiger partial charge in [-0.1, -0.05) is 23.7 Å². The molecular weight excluding hydrogens is 343 g/mol. The number of ether oxygens (including phenoxy) is 1. The summed E-state index contributed by atoms with van der Waals surface area (Å²) in [5.74, 6) is -2.18. The summed E-state index contributed by atoms with van der Waals surface area (Å²) in [7, 11) is 0. The van der Waals surface area contributed by atoms with Crippen molar-refractivity contribution in [3.8, 4) is 5.88 Å². The smallest absolute Gasteiger partial charge is 0.422 e. The normalized spacial score (nSPS) is 13.0. The Kier molecular flexibility index (Phi) is 5.06. The molecule has 1 heterocycles. The second-order valence-corrected chi connectivity index (χ2v) is 4.95. The van der Waals surface area contributed by atoms with E-state index in [4.69, 9.17) is 17.3 Å². The highest BCUT2D eigenvalue weighted by Crippen LogP contribution is 2.28. The van der Waals surface area contributed by atoms with Gasteiger partial charge in [-0.2, -0.15) is 13.2 Å². The molecule has 1 unspecified atom stereocenters. The first-order valence-electron chi connectivity index (χ1n) is 6.23. The van der Waals surface area contributed by atoms with Gasteiger partial charge < -0.3 is 10.5 Å². The zero-order valence-corrected chi connectivity index (χ0v) is 12.1. The summed E-state index contributed by atoms with van der Waals surface area (Å²) in [5, 5.41) is -0.684. The van der Waals surface area contributed by atoms with Crippen LogP contribution in [0.25, 0.3) is 0 Å². The Morgan fingerprint density at radius 3 is 2.43 bits per heavy atom. The molecule has 0 aliphatic carbocycles. The molecule has 0 amide bonds. The number of nitrogens with two attached hydrogens (primary N) is 1. The first-order chi connectivity index (χ1) is 10.7. The lowest BCUT2D eigenvalue weighted by atomic mass is 10.0. The number of aromatic nitrogens is 1. The van der Waals surface area contributed by atoms with Crippen LogP contribution in [0.2, 0.25) is 5.02 Å². The number of hydrogen-bond donors (Lipinski definition) is 1. The van der Waals surface area contributed by atoms with E-state index in [1.807, 2.05) is 0 Å². The van der Waals surface area contributed by atoms with E-state index in [-0.39, 0.29) is 11.4 Å². The Balaban J connectivity index is 2.18. The average Bonchev–Trinajstić information content (AvgIpc) is 2.50. The molecule has 1 atom stereocenters. The number of halogens is 6. The van der Waals surface area contributed by atoms with E-state index in [2.05, 4.69) is 9.72 Å². The molecule has 0 bridgehead atoms. The summed E-state index contributed by atoms with van der Waals surface area (Å²) in [4.78, 5) is 3.67. The first-order valence-corrected chi connectivity index (χ1v) is 6.61. The summed E-state index contributed by atoms with van der Waals surface area (Å²) in [6.45, 7) is -1.48. The van der Waals surface area contributed by atoms with Gasteiger partial charge in [-0.05, 0) is 11.6 Å². The van der Waals surface area contributed by atoms with Crippen LogP contribution in [0.15, 0.2) is 30.5 Å². The van der Waals surface area contributed by atoms with Crippen LogP contribution in [0.5, 0.6) is 5.88 Å². The van der Waals surface area contributed by atoms with Gasteiger partial charge in [-0.15, -0.1) is 0 Å². The summed E-state index contributed by atoms with van der Waals surface area (Å²) in [6.07, 6.45) is -3.34. The van der Waals surface area contributed by atoms with E-state index in [9.17, 15) is 22.0 Å². The van der Waals surface area contributed by atoms with Crippen molar-refractivity contribution in [2.75, 3.05) is 6.61 Å². The maximum Gasteiger partial charge on any atom is 0.422 e. The Bertz CT molecular complexity index is 691. The van der Waals surface area contributed by atoms with Gasteiger partial charge in [0.15, 0.2) is 6.61 Å². The Morgan fingerprint density at radius 1 is 1.17 bits per heavy atom. The van der Waals surface area contributed by atoms with Crippen molar-refractivity contribution in [3.05, 3.63) is 58.2 Å². The van der Waals surface area contributed by atoms with Crippen LogP contribution in [-0.4, -0.2) is 17.8 Å². The maximum absolute atomic E-state index is 13.9. The zero-order chi connectivity index (χ0) is 17.2. The number of hydrogen-bond acceptors (Lipinski definition) is 3. The Hall–Kier alpha value is -1.93. The van der Waals surface area contributed by atoms with Crippen molar-refractivity contribution in [2.24, 2.45) is 5.73 Å². The third-order valence-corrected chi connectivity index (χ3v) is 3.25. The predicted molar refractivity (Wildman–Crippen MR) is 73.2 cm³/mol. The molecule has 1 aromatic heterocycles. The fraction of sp³-hybridized carbons (Fsp3) is 0.214. The summed E-state index contributed by atoms with van der Waals surface area (Å²) >= 11 is 5.48. The van der Waals surface area contributed by atoms with Gasteiger partial charge in [-0.3, -0.25) is 0 Å².